The molecule has 1 aliphatic heterocycles. The third kappa shape index (κ3) is 4.97. The van der Waals surface area contributed by atoms with E-state index in [1.807, 2.05) is 24.1 Å². The van der Waals surface area contributed by atoms with Gasteiger partial charge in [0.05, 0.1) is 5.69 Å². The summed E-state index contributed by atoms with van der Waals surface area (Å²) in [6.45, 7) is 8.13. The number of anilines is 1. The highest BCUT2D eigenvalue weighted by atomic mass is 19.1. The molecule has 0 bridgehead atoms. The highest BCUT2D eigenvalue weighted by molar-refractivity contribution is 5.48. The molecule has 1 fully saturated rings. The van der Waals surface area contributed by atoms with Crippen LogP contribution in [0.3, 0.4) is 0 Å². The van der Waals surface area contributed by atoms with E-state index in [1.165, 1.54) is 25.9 Å². The number of likely N-dealkylation sites (N-methyl/N-ethyl adjacent to an activating group) is 1. The molecular formula is C17H28FN3. The second-order valence-electron chi connectivity index (χ2n) is 5.93. The molecule has 3 nitrogen and oxygen atoms in total. The van der Waals surface area contributed by atoms with Crippen LogP contribution in [-0.4, -0.2) is 44.7 Å². The Balaban J connectivity index is 1.86. The number of halogens is 1. The molecule has 1 N–H and O–H groups in total. The first-order chi connectivity index (χ1) is 10.2. The highest BCUT2D eigenvalue weighted by Gasteiger charge is 2.13. The average molecular weight is 293 g/mol. The van der Waals surface area contributed by atoms with Crippen LogP contribution in [0.25, 0.3) is 0 Å². The van der Waals surface area contributed by atoms with Crippen molar-refractivity contribution < 1.29 is 4.39 Å². The number of nitrogens with zero attached hydrogens (tertiary/aromatic N) is 2. The molecule has 1 saturated heterocycles. The molecule has 1 heterocycles. The van der Waals surface area contributed by atoms with Gasteiger partial charge in [-0.3, -0.25) is 0 Å². The number of rotatable bonds is 8. The van der Waals surface area contributed by atoms with E-state index in [2.05, 4.69) is 17.1 Å². The van der Waals surface area contributed by atoms with Gasteiger partial charge in [0, 0.05) is 26.7 Å². The third-order valence-corrected chi connectivity index (χ3v) is 4.13. The normalized spacial score (nSPS) is 15.6. The van der Waals surface area contributed by atoms with Crippen LogP contribution in [0, 0.1) is 5.82 Å². The van der Waals surface area contributed by atoms with Gasteiger partial charge in [0.25, 0.3) is 0 Å². The van der Waals surface area contributed by atoms with Gasteiger partial charge in [-0.25, -0.2) is 4.39 Å². The van der Waals surface area contributed by atoms with E-state index >= 15 is 0 Å². The predicted octanol–water partition coefficient (Wildman–Crippen LogP) is 2.86. The lowest BCUT2D eigenvalue weighted by atomic mass is 10.2. The zero-order valence-corrected chi connectivity index (χ0v) is 13.4. The van der Waals surface area contributed by atoms with Crippen molar-refractivity contribution in [1.29, 1.82) is 0 Å². The summed E-state index contributed by atoms with van der Waals surface area (Å²) in [7, 11) is 1.98. The van der Waals surface area contributed by atoms with Gasteiger partial charge < -0.3 is 15.1 Å². The zero-order valence-electron chi connectivity index (χ0n) is 13.4. The van der Waals surface area contributed by atoms with Crippen molar-refractivity contribution >= 4 is 5.69 Å². The van der Waals surface area contributed by atoms with Gasteiger partial charge in [-0.05, 0) is 56.6 Å². The molecule has 0 unspecified atom stereocenters. The Morgan fingerprint density at radius 1 is 1.29 bits per heavy atom. The minimum atomic E-state index is -0.116. The topological polar surface area (TPSA) is 18.5 Å². The molecule has 1 aromatic rings. The summed E-state index contributed by atoms with van der Waals surface area (Å²) in [6, 6.07) is 5.58. The van der Waals surface area contributed by atoms with Crippen LogP contribution in [-0.2, 0) is 6.54 Å². The van der Waals surface area contributed by atoms with Gasteiger partial charge in [0.1, 0.15) is 5.82 Å². The Kier molecular flexibility index (Phi) is 6.46. The third-order valence-electron chi connectivity index (χ3n) is 4.13. The Morgan fingerprint density at radius 3 is 2.71 bits per heavy atom. The zero-order chi connectivity index (χ0) is 15.1. The number of benzene rings is 1. The van der Waals surface area contributed by atoms with Crippen LogP contribution in [0.15, 0.2) is 18.2 Å². The first-order valence-electron chi connectivity index (χ1n) is 8.13. The monoisotopic (exact) mass is 293 g/mol. The maximum absolute atomic E-state index is 14.2. The largest absolute Gasteiger partial charge is 0.371 e. The van der Waals surface area contributed by atoms with Crippen LogP contribution in [0.4, 0.5) is 10.1 Å². The lowest BCUT2D eigenvalue weighted by Crippen LogP contribution is -2.31. The van der Waals surface area contributed by atoms with Crippen molar-refractivity contribution in [3.05, 3.63) is 29.6 Å². The summed E-state index contributed by atoms with van der Waals surface area (Å²) in [5, 5.41) is 3.30. The molecule has 0 aromatic heterocycles. The van der Waals surface area contributed by atoms with Crippen molar-refractivity contribution in [2.45, 2.75) is 32.7 Å². The molecule has 118 valence electrons. The molecule has 1 aliphatic rings. The summed E-state index contributed by atoms with van der Waals surface area (Å²) in [5.41, 5.74) is 1.71. The Hall–Kier alpha value is -1.13. The van der Waals surface area contributed by atoms with Crippen LogP contribution in [0.1, 0.15) is 31.7 Å². The molecule has 4 heteroatoms. The van der Waals surface area contributed by atoms with Crippen LogP contribution in [0.5, 0.6) is 0 Å². The molecule has 0 spiro atoms. The van der Waals surface area contributed by atoms with E-state index in [9.17, 15) is 4.39 Å². The standard InChI is InChI=1S/C17H28FN3/c1-3-8-19-14-15-6-7-17(16(18)13-15)20(2)11-12-21-9-4-5-10-21/h6-7,13,19H,3-5,8-12,14H2,1-2H3. The molecular weight excluding hydrogens is 265 g/mol. The van der Waals surface area contributed by atoms with Crippen LogP contribution in [0.2, 0.25) is 0 Å². The molecule has 0 aliphatic carbocycles. The van der Waals surface area contributed by atoms with Gasteiger partial charge >= 0.3 is 0 Å². The van der Waals surface area contributed by atoms with E-state index in [4.69, 9.17) is 0 Å². The first-order valence-corrected chi connectivity index (χ1v) is 8.13. The van der Waals surface area contributed by atoms with Crippen molar-refractivity contribution in [1.82, 2.24) is 10.2 Å². The molecule has 0 amide bonds. The van der Waals surface area contributed by atoms with E-state index in [0.717, 1.165) is 38.2 Å². The SMILES string of the molecule is CCCNCc1ccc(N(C)CCN2CCCC2)c(F)c1. The van der Waals surface area contributed by atoms with Crippen molar-refractivity contribution in [3.8, 4) is 0 Å². The average Bonchev–Trinajstić information content (AvgIpc) is 2.98. The highest BCUT2D eigenvalue weighted by Crippen LogP contribution is 2.19. The van der Waals surface area contributed by atoms with E-state index in [0.29, 0.717) is 5.69 Å². The summed E-state index contributed by atoms with van der Waals surface area (Å²) in [6.07, 6.45) is 3.70. The summed E-state index contributed by atoms with van der Waals surface area (Å²) >= 11 is 0. The van der Waals surface area contributed by atoms with Gasteiger partial charge in [-0.1, -0.05) is 13.0 Å². The second kappa shape index (κ2) is 8.35. The molecule has 2 rings (SSSR count). The number of hydrogen-bond donors (Lipinski definition) is 1. The fourth-order valence-electron chi connectivity index (χ4n) is 2.80. The Bertz CT molecular complexity index is 430. The van der Waals surface area contributed by atoms with E-state index in [-0.39, 0.29) is 5.82 Å². The van der Waals surface area contributed by atoms with Crippen LogP contribution >= 0.6 is 0 Å². The quantitative estimate of drug-likeness (QED) is 0.744. The maximum Gasteiger partial charge on any atom is 0.146 e. The van der Waals surface area contributed by atoms with Crippen molar-refractivity contribution in [2.75, 3.05) is 44.7 Å². The molecule has 21 heavy (non-hydrogen) atoms. The summed E-state index contributed by atoms with van der Waals surface area (Å²) in [5.74, 6) is -0.116. The minimum Gasteiger partial charge on any atom is -0.371 e. The van der Waals surface area contributed by atoms with E-state index < -0.39 is 0 Å². The van der Waals surface area contributed by atoms with Crippen LogP contribution < -0.4 is 10.2 Å². The van der Waals surface area contributed by atoms with Gasteiger partial charge in [-0.15, -0.1) is 0 Å². The first kappa shape index (κ1) is 16.2. The van der Waals surface area contributed by atoms with E-state index in [1.54, 1.807) is 6.07 Å². The lowest BCUT2D eigenvalue weighted by Gasteiger charge is -2.23. The summed E-state index contributed by atoms with van der Waals surface area (Å²) < 4.78 is 14.2. The predicted molar refractivity (Wildman–Crippen MR) is 87.3 cm³/mol. The fourth-order valence-corrected chi connectivity index (χ4v) is 2.80. The van der Waals surface area contributed by atoms with Gasteiger partial charge in [-0.2, -0.15) is 0 Å². The molecule has 0 radical (unpaired) electrons. The Labute approximate surface area is 128 Å². The summed E-state index contributed by atoms with van der Waals surface area (Å²) in [4.78, 5) is 4.48. The van der Waals surface area contributed by atoms with Crippen molar-refractivity contribution in [2.24, 2.45) is 0 Å². The lowest BCUT2D eigenvalue weighted by molar-refractivity contribution is 0.346. The molecule has 0 atom stereocenters. The minimum absolute atomic E-state index is 0.116. The number of nitrogens with one attached hydrogen (secondary N) is 1. The maximum atomic E-state index is 14.2. The van der Waals surface area contributed by atoms with Crippen molar-refractivity contribution in [3.63, 3.8) is 0 Å². The van der Waals surface area contributed by atoms with Gasteiger partial charge in [0.2, 0.25) is 0 Å². The molecule has 1 aromatic carbocycles. The number of hydrogen-bond acceptors (Lipinski definition) is 3. The number of likely N-dealkylation sites (tertiary alicyclic amines) is 1. The molecule has 0 saturated carbocycles. The fraction of sp³-hybridized carbons (Fsp3) is 0.647. The Morgan fingerprint density at radius 2 is 2.05 bits per heavy atom. The smallest absolute Gasteiger partial charge is 0.146 e. The van der Waals surface area contributed by atoms with Gasteiger partial charge in [0.15, 0.2) is 0 Å². The second-order valence-corrected chi connectivity index (χ2v) is 5.93.